The smallest absolute Gasteiger partial charge is 0.0332 e. The Balaban J connectivity index is 1.96. The highest BCUT2D eigenvalue weighted by Gasteiger charge is 2.43. The van der Waals surface area contributed by atoms with Crippen LogP contribution >= 0.6 is 0 Å². The van der Waals surface area contributed by atoms with Crippen molar-refractivity contribution in [1.29, 1.82) is 0 Å². The second-order valence-corrected chi connectivity index (χ2v) is 7.62. The Bertz CT molecular complexity index is 304. The summed E-state index contributed by atoms with van der Waals surface area (Å²) in [5.41, 5.74) is 6.58. The lowest BCUT2D eigenvalue weighted by molar-refractivity contribution is 0.0471. The van der Waals surface area contributed by atoms with Gasteiger partial charge in [-0.15, -0.1) is 0 Å². The molecule has 0 aromatic heterocycles. The normalized spacial score (nSPS) is 35.0. The Hall–Kier alpha value is -0.120. The molecular weight excluding hydrogens is 258 g/mol. The summed E-state index contributed by atoms with van der Waals surface area (Å²) < 4.78 is 0. The zero-order valence-electron chi connectivity index (χ0n) is 14.8. The summed E-state index contributed by atoms with van der Waals surface area (Å²) >= 11 is 0. The van der Waals surface area contributed by atoms with E-state index in [1.807, 2.05) is 0 Å². The van der Waals surface area contributed by atoms with Crippen LogP contribution in [-0.2, 0) is 0 Å². The van der Waals surface area contributed by atoms with E-state index in [4.69, 9.17) is 5.73 Å². The molecule has 1 heterocycles. The molecule has 0 spiro atoms. The third-order valence-electron chi connectivity index (χ3n) is 6.45. The van der Waals surface area contributed by atoms with Crippen molar-refractivity contribution in [3.63, 3.8) is 0 Å². The molecule has 3 heteroatoms. The van der Waals surface area contributed by atoms with Gasteiger partial charge in [-0.25, -0.2) is 0 Å². The van der Waals surface area contributed by atoms with E-state index in [0.29, 0.717) is 5.54 Å². The monoisotopic (exact) mass is 295 g/mol. The van der Waals surface area contributed by atoms with Crippen LogP contribution in [0.4, 0.5) is 0 Å². The van der Waals surface area contributed by atoms with Crippen LogP contribution in [0.5, 0.6) is 0 Å². The molecule has 1 aliphatic heterocycles. The van der Waals surface area contributed by atoms with Gasteiger partial charge in [-0.1, -0.05) is 27.7 Å². The van der Waals surface area contributed by atoms with Gasteiger partial charge in [-0.05, 0) is 57.0 Å². The fourth-order valence-electron chi connectivity index (χ4n) is 4.70. The first-order chi connectivity index (χ1) is 10.1. The molecule has 1 atom stereocenters. The first kappa shape index (κ1) is 17.2. The van der Waals surface area contributed by atoms with E-state index < -0.39 is 0 Å². The van der Waals surface area contributed by atoms with Crippen LogP contribution in [0.3, 0.4) is 0 Å². The quantitative estimate of drug-likeness (QED) is 0.818. The predicted molar refractivity (Wildman–Crippen MR) is 91.5 cm³/mol. The molecule has 0 aromatic rings. The Labute approximate surface area is 132 Å². The molecular formula is C18H37N3. The van der Waals surface area contributed by atoms with E-state index in [2.05, 4.69) is 37.5 Å². The third-order valence-corrected chi connectivity index (χ3v) is 6.45. The van der Waals surface area contributed by atoms with E-state index in [1.54, 1.807) is 0 Å². The molecule has 1 unspecified atom stereocenters. The van der Waals surface area contributed by atoms with Gasteiger partial charge >= 0.3 is 0 Å². The van der Waals surface area contributed by atoms with Crippen LogP contribution in [0.2, 0.25) is 0 Å². The maximum absolute atomic E-state index is 6.27. The summed E-state index contributed by atoms with van der Waals surface area (Å²) in [5.74, 6) is 1.76. The van der Waals surface area contributed by atoms with E-state index in [0.717, 1.165) is 24.4 Å². The molecule has 3 nitrogen and oxygen atoms in total. The molecule has 2 N–H and O–H groups in total. The van der Waals surface area contributed by atoms with Gasteiger partial charge < -0.3 is 5.73 Å². The van der Waals surface area contributed by atoms with Crippen molar-refractivity contribution in [3.05, 3.63) is 0 Å². The summed E-state index contributed by atoms with van der Waals surface area (Å²) in [7, 11) is 0. The van der Waals surface area contributed by atoms with Gasteiger partial charge in [0.2, 0.25) is 0 Å². The summed E-state index contributed by atoms with van der Waals surface area (Å²) in [6, 6.07) is 0.756. The summed E-state index contributed by atoms with van der Waals surface area (Å²) in [5, 5.41) is 0. The molecule has 2 aliphatic rings. The number of nitrogens with two attached hydrogens (primary N) is 1. The van der Waals surface area contributed by atoms with Gasteiger partial charge in [0.25, 0.3) is 0 Å². The van der Waals surface area contributed by atoms with Crippen molar-refractivity contribution in [1.82, 2.24) is 9.80 Å². The SMILES string of the molecule is CCN(CC)C1CCN(C2(CN)CCC(C(C)C)CC2)C1. The Morgan fingerprint density at radius 1 is 1.14 bits per heavy atom. The largest absolute Gasteiger partial charge is 0.329 e. The van der Waals surface area contributed by atoms with E-state index in [1.165, 1.54) is 58.3 Å². The van der Waals surface area contributed by atoms with Crippen LogP contribution in [0.1, 0.15) is 59.8 Å². The van der Waals surface area contributed by atoms with Gasteiger partial charge in [0, 0.05) is 31.2 Å². The minimum absolute atomic E-state index is 0.313. The minimum atomic E-state index is 0.313. The number of hydrogen-bond acceptors (Lipinski definition) is 3. The van der Waals surface area contributed by atoms with E-state index in [9.17, 15) is 0 Å². The predicted octanol–water partition coefficient (Wildman–Crippen LogP) is 2.95. The highest BCUT2D eigenvalue weighted by atomic mass is 15.3. The third kappa shape index (κ3) is 3.62. The van der Waals surface area contributed by atoms with Crippen LogP contribution < -0.4 is 5.73 Å². The van der Waals surface area contributed by atoms with Crippen LogP contribution in [-0.4, -0.2) is 54.1 Å². The Morgan fingerprint density at radius 3 is 2.24 bits per heavy atom. The van der Waals surface area contributed by atoms with Crippen molar-refractivity contribution < 1.29 is 0 Å². The van der Waals surface area contributed by atoms with Crippen molar-refractivity contribution in [2.24, 2.45) is 17.6 Å². The zero-order valence-corrected chi connectivity index (χ0v) is 14.8. The van der Waals surface area contributed by atoms with E-state index in [-0.39, 0.29) is 0 Å². The topological polar surface area (TPSA) is 32.5 Å². The lowest BCUT2D eigenvalue weighted by atomic mass is 9.72. The maximum Gasteiger partial charge on any atom is 0.0332 e. The Morgan fingerprint density at radius 2 is 1.76 bits per heavy atom. The van der Waals surface area contributed by atoms with Crippen LogP contribution in [0.15, 0.2) is 0 Å². The fourth-order valence-corrected chi connectivity index (χ4v) is 4.70. The average molecular weight is 296 g/mol. The van der Waals surface area contributed by atoms with Crippen molar-refractivity contribution in [2.75, 3.05) is 32.7 Å². The number of likely N-dealkylation sites (tertiary alicyclic amines) is 1. The summed E-state index contributed by atoms with van der Waals surface area (Å²) in [6.07, 6.45) is 6.72. The van der Waals surface area contributed by atoms with Gasteiger partial charge in [0.15, 0.2) is 0 Å². The van der Waals surface area contributed by atoms with Crippen LogP contribution in [0.25, 0.3) is 0 Å². The highest BCUT2D eigenvalue weighted by Crippen LogP contribution is 2.40. The average Bonchev–Trinajstić information content (AvgIpc) is 2.99. The molecule has 2 fully saturated rings. The lowest BCUT2D eigenvalue weighted by Crippen LogP contribution is -2.55. The number of hydrogen-bond donors (Lipinski definition) is 1. The summed E-state index contributed by atoms with van der Waals surface area (Å²) in [6.45, 7) is 15.1. The molecule has 0 aromatic carbocycles. The molecule has 2 rings (SSSR count). The molecule has 1 aliphatic carbocycles. The second-order valence-electron chi connectivity index (χ2n) is 7.62. The lowest BCUT2D eigenvalue weighted by Gasteiger charge is -2.47. The molecule has 1 saturated carbocycles. The van der Waals surface area contributed by atoms with Gasteiger partial charge in [0.05, 0.1) is 0 Å². The van der Waals surface area contributed by atoms with Gasteiger partial charge in [-0.3, -0.25) is 9.80 Å². The number of likely N-dealkylation sites (N-methyl/N-ethyl adjacent to an activating group) is 1. The molecule has 124 valence electrons. The maximum atomic E-state index is 6.27. The molecule has 0 bridgehead atoms. The second kappa shape index (κ2) is 7.43. The molecule has 0 radical (unpaired) electrons. The highest BCUT2D eigenvalue weighted by molar-refractivity contribution is 5.00. The first-order valence-corrected chi connectivity index (χ1v) is 9.25. The standard InChI is InChI=1S/C18H37N3/c1-5-20(6-2)17-9-12-21(13-17)18(14-19)10-7-16(8-11-18)15(3)4/h15-17H,5-14,19H2,1-4H3. The Kier molecular flexibility index (Phi) is 6.10. The number of nitrogens with zero attached hydrogens (tertiary/aromatic N) is 2. The van der Waals surface area contributed by atoms with Gasteiger partial charge in [-0.2, -0.15) is 0 Å². The first-order valence-electron chi connectivity index (χ1n) is 9.25. The minimum Gasteiger partial charge on any atom is -0.329 e. The van der Waals surface area contributed by atoms with Crippen LogP contribution in [0, 0.1) is 11.8 Å². The van der Waals surface area contributed by atoms with Gasteiger partial charge in [0.1, 0.15) is 0 Å². The molecule has 21 heavy (non-hydrogen) atoms. The number of rotatable bonds is 6. The summed E-state index contributed by atoms with van der Waals surface area (Å²) in [4.78, 5) is 5.39. The van der Waals surface area contributed by atoms with Crippen molar-refractivity contribution >= 4 is 0 Å². The zero-order chi connectivity index (χ0) is 15.5. The fraction of sp³-hybridized carbons (Fsp3) is 1.00. The molecule has 0 amide bonds. The van der Waals surface area contributed by atoms with Crippen molar-refractivity contribution in [3.8, 4) is 0 Å². The molecule has 1 saturated heterocycles. The van der Waals surface area contributed by atoms with E-state index >= 15 is 0 Å². The van der Waals surface area contributed by atoms with Crippen molar-refractivity contribution in [2.45, 2.75) is 71.4 Å².